The minimum atomic E-state index is 0.149. The molecule has 2 N–H and O–H groups in total. The van der Waals surface area contributed by atoms with Crippen molar-refractivity contribution in [3.63, 3.8) is 0 Å². The van der Waals surface area contributed by atoms with Crippen LogP contribution in [-0.2, 0) is 0 Å². The van der Waals surface area contributed by atoms with Crippen LogP contribution in [0.1, 0.15) is 33.1 Å². The lowest BCUT2D eigenvalue weighted by Gasteiger charge is -2.31. The standard InChI is InChI=1S/C15H23NOS/c1-3-11(4-2)9-12(16)14-10-18-15-8-6-5-7-13(15)17-14/h5-8,11-12,14H,3-4,9-10,16H2,1-2H3. The maximum Gasteiger partial charge on any atom is 0.133 e. The second-order valence-electron chi connectivity index (χ2n) is 5.00. The van der Waals surface area contributed by atoms with Crippen molar-refractivity contribution in [1.82, 2.24) is 0 Å². The van der Waals surface area contributed by atoms with E-state index in [4.69, 9.17) is 10.5 Å². The Morgan fingerprint density at radius 3 is 2.78 bits per heavy atom. The minimum absolute atomic E-state index is 0.149. The summed E-state index contributed by atoms with van der Waals surface area (Å²) in [7, 11) is 0. The predicted molar refractivity (Wildman–Crippen MR) is 78.2 cm³/mol. The topological polar surface area (TPSA) is 35.2 Å². The zero-order valence-corrected chi connectivity index (χ0v) is 12.1. The maximum atomic E-state index is 6.32. The van der Waals surface area contributed by atoms with Gasteiger partial charge >= 0.3 is 0 Å². The third-order valence-electron chi connectivity index (χ3n) is 3.77. The van der Waals surface area contributed by atoms with Gasteiger partial charge in [0, 0.05) is 16.7 Å². The molecule has 2 atom stereocenters. The van der Waals surface area contributed by atoms with Crippen LogP contribution in [-0.4, -0.2) is 17.9 Å². The molecule has 0 amide bonds. The average Bonchev–Trinajstić information content (AvgIpc) is 2.44. The Labute approximate surface area is 114 Å². The Kier molecular flexibility index (Phi) is 4.95. The summed E-state index contributed by atoms with van der Waals surface area (Å²) in [5.41, 5.74) is 6.32. The summed E-state index contributed by atoms with van der Waals surface area (Å²) in [4.78, 5) is 1.24. The first-order valence-electron chi connectivity index (χ1n) is 6.88. The summed E-state index contributed by atoms with van der Waals surface area (Å²) in [6.45, 7) is 4.49. The van der Waals surface area contributed by atoms with Crippen molar-refractivity contribution >= 4 is 11.8 Å². The van der Waals surface area contributed by atoms with E-state index in [1.807, 2.05) is 23.9 Å². The molecule has 1 aromatic rings. The van der Waals surface area contributed by atoms with Gasteiger partial charge in [-0.1, -0.05) is 38.8 Å². The van der Waals surface area contributed by atoms with Crippen LogP contribution in [0.15, 0.2) is 29.2 Å². The van der Waals surface area contributed by atoms with E-state index < -0.39 is 0 Å². The molecule has 1 aliphatic heterocycles. The SMILES string of the molecule is CCC(CC)CC(N)C1CSc2ccccc2O1. The predicted octanol–water partition coefficient (Wildman–Crippen LogP) is 3.69. The van der Waals surface area contributed by atoms with E-state index in [0.29, 0.717) is 0 Å². The fourth-order valence-corrected chi connectivity index (χ4v) is 3.50. The quantitative estimate of drug-likeness (QED) is 0.882. The summed E-state index contributed by atoms with van der Waals surface area (Å²) >= 11 is 1.86. The molecular formula is C15H23NOS. The van der Waals surface area contributed by atoms with Gasteiger partial charge in [0.2, 0.25) is 0 Å². The Morgan fingerprint density at radius 1 is 1.33 bits per heavy atom. The fraction of sp³-hybridized carbons (Fsp3) is 0.600. The van der Waals surface area contributed by atoms with Crippen LogP contribution in [0.2, 0.25) is 0 Å². The van der Waals surface area contributed by atoms with Gasteiger partial charge in [0.15, 0.2) is 0 Å². The van der Waals surface area contributed by atoms with Crippen LogP contribution < -0.4 is 10.5 Å². The van der Waals surface area contributed by atoms with E-state index in [2.05, 4.69) is 26.0 Å². The Morgan fingerprint density at radius 2 is 2.06 bits per heavy atom. The molecule has 0 spiro atoms. The van der Waals surface area contributed by atoms with Gasteiger partial charge in [-0.3, -0.25) is 0 Å². The van der Waals surface area contributed by atoms with Crippen molar-refractivity contribution in [1.29, 1.82) is 0 Å². The number of hydrogen-bond acceptors (Lipinski definition) is 3. The number of fused-ring (bicyclic) bond motifs is 1. The first kappa shape index (κ1) is 13.8. The van der Waals surface area contributed by atoms with Crippen molar-refractivity contribution in [3.8, 4) is 5.75 Å². The number of thioether (sulfide) groups is 1. The summed E-state index contributed by atoms with van der Waals surface area (Å²) in [5.74, 6) is 2.70. The second-order valence-corrected chi connectivity index (χ2v) is 6.06. The molecule has 1 aliphatic rings. The Hall–Kier alpha value is -0.670. The number of nitrogens with two attached hydrogens (primary N) is 1. The first-order chi connectivity index (χ1) is 8.74. The normalized spacial score (nSPS) is 20.3. The number of hydrogen-bond donors (Lipinski definition) is 1. The fourth-order valence-electron chi connectivity index (χ4n) is 2.41. The smallest absolute Gasteiger partial charge is 0.133 e. The van der Waals surface area contributed by atoms with E-state index in [1.54, 1.807) is 0 Å². The lowest BCUT2D eigenvalue weighted by molar-refractivity contribution is 0.168. The highest BCUT2D eigenvalue weighted by Gasteiger charge is 2.26. The van der Waals surface area contributed by atoms with Gasteiger partial charge in [-0.25, -0.2) is 0 Å². The zero-order chi connectivity index (χ0) is 13.0. The van der Waals surface area contributed by atoms with E-state index in [1.165, 1.54) is 17.7 Å². The Balaban J connectivity index is 1.96. The van der Waals surface area contributed by atoms with E-state index in [-0.39, 0.29) is 12.1 Å². The number of para-hydroxylation sites is 1. The molecule has 18 heavy (non-hydrogen) atoms. The van der Waals surface area contributed by atoms with Gasteiger partial charge in [0.25, 0.3) is 0 Å². The van der Waals surface area contributed by atoms with Gasteiger partial charge in [0.1, 0.15) is 11.9 Å². The molecule has 0 saturated carbocycles. The highest BCUT2D eigenvalue weighted by Crippen LogP contribution is 2.36. The first-order valence-corrected chi connectivity index (χ1v) is 7.87. The Bertz CT molecular complexity index is 379. The third kappa shape index (κ3) is 3.21. The van der Waals surface area contributed by atoms with Gasteiger partial charge in [0.05, 0.1) is 0 Å². The van der Waals surface area contributed by atoms with Crippen LogP contribution in [0, 0.1) is 5.92 Å². The van der Waals surface area contributed by atoms with Crippen LogP contribution in [0.5, 0.6) is 5.75 Å². The molecular weight excluding hydrogens is 242 g/mol. The molecule has 0 fully saturated rings. The largest absolute Gasteiger partial charge is 0.487 e. The molecule has 0 saturated heterocycles. The van der Waals surface area contributed by atoms with Crippen LogP contribution in [0.3, 0.4) is 0 Å². The zero-order valence-electron chi connectivity index (χ0n) is 11.3. The molecule has 2 rings (SSSR count). The highest BCUT2D eigenvalue weighted by molar-refractivity contribution is 7.99. The highest BCUT2D eigenvalue weighted by atomic mass is 32.2. The van der Waals surface area contributed by atoms with Crippen molar-refractivity contribution in [3.05, 3.63) is 24.3 Å². The van der Waals surface area contributed by atoms with E-state index in [9.17, 15) is 0 Å². The monoisotopic (exact) mass is 265 g/mol. The molecule has 0 bridgehead atoms. The summed E-state index contributed by atoms with van der Waals surface area (Å²) < 4.78 is 6.04. The number of ether oxygens (including phenoxy) is 1. The van der Waals surface area contributed by atoms with Crippen molar-refractivity contribution < 1.29 is 4.74 Å². The summed E-state index contributed by atoms with van der Waals surface area (Å²) in [5, 5.41) is 0. The van der Waals surface area contributed by atoms with Crippen LogP contribution >= 0.6 is 11.8 Å². The molecule has 1 heterocycles. The summed E-state index contributed by atoms with van der Waals surface area (Å²) in [6.07, 6.45) is 3.65. The maximum absolute atomic E-state index is 6.32. The van der Waals surface area contributed by atoms with E-state index in [0.717, 1.165) is 23.8 Å². The summed E-state index contributed by atoms with van der Waals surface area (Å²) in [6, 6.07) is 8.38. The molecule has 0 radical (unpaired) electrons. The van der Waals surface area contributed by atoms with Crippen LogP contribution in [0.25, 0.3) is 0 Å². The number of benzene rings is 1. The van der Waals surface area contributed by atoms with E-state index >= 15 is 0 Å². The average molecular weight is 265 g/mol. The molecule has 0 aromatic heterocycles. The lowest BCUT2D eigenvalue weighted by atomic mass is 9.93. The van der Waals surface area contributed by atoms with Gasteiger partial charge in [-0.15, -0.1) is 11.8 Å². The molecule has 3 heteroatoms. The van der Waals surface area contributed by atoms with Gasteiger partial charge in [-0.05, 0) is 24.5 Å². The molecule has 2 unspecified atom stereocenters. The van der Waals surface area contributed by atoms with Crippen LogP contribution in [0.4, 0.5) is 0 Å². The van der Waals surface area contributed by atoms with Crippen molar-refractivity contribution in [2.75, 3.05) is 5.75 Å². The minimum Gasteiger partial charge on any atom is -0.487 e. The van der Waals surface area contributed by atoms with Crippen molar-refractivity contribution in [2.45, 2.75) is 50.2 Å². The molecule has 2 nitrogen and oxygen atoms in total. The lowest BCUT2D eigenvalue weighted by Crippen LogP contribution is -2.43. The van der Waals surface area contributed by atoms with Gasteiger partial charge < -0.3 is 10.5 Å². The third-order valence-corrected chi connectivity index (χ3v) is 4.91. The molecule has 0 aliphatic carbocycles. The molecule has 1 aromatic carbocycles. The van der Waals surface area contributed by atoms with Crippen molar-refractivity contribution in [2.24, 2.45) is 11.7 Å². The molecule has 100 valence electrons. The second kappa shape index (κ2) is 6.48. The van der Waals surface area contributed by atoms with Gasteiger partial charge in [-0.2, -0.15) is 0 Å². The number of rotatable bonds is 5.